The fraction of sp³-hybridized carbons (Fsp3) is 0.231. The summed E-state index contributed by atoms with van der Waals surface area (Å²) in [6, 6.07) is 21.9. The first kappa shape index (κ1) is 23.0. The summed E-state index contributed by atoms with van der Waals surface area (Å²) in [6.07, 6.45) is 0.666. The Morgan fingerprint density at radius 1 is 1.00 bits per heavy atom. The van der Waals surface area contributed by atoms with Crippen LogP contribution in [0.1, 0.15) is 6.42 Å². The lowest BCUT2D eigenvalue weighted by Gasteiger charge is -2.29. The Morgan fingerprint density at radius 2 is 1.76 bits per heavy atom. The van der Waals surface area contributed by atoms with E-state index in [2.05, 4.69) is 5.32 Å². The maximum atomic E-state index is 12.4. The Hall–Kier alpha value is -4.20. The molecule has 2 amide bonds. The third-order valence-corrected chi connectivity index (χ3v) is 5.15. The van der Waals surface area contributed by atoms with Crippen LogP contribution >= 0.6 is 0 Å². The second kappa shape index (κ2) is 11.1. The van der Waals surface area contributed by atoms with Crippen molar-refractivity contribution in [1.82, 2.24) is 0 Å². The van der Waals surface area contributed by atoms with Gasteiger partial charge in [-0.3, -0.25) is 9.59 Å². The molecule has 3 aromatic rings. The topological polar surface area (TPSA) is 86.3 Å². The number of nitrogens with zero attached hydrogens (tertiary/aromatic N) is 1. The molecule has 0 radical (unpaired) electrons. The Balaban J connectivity index is 1.32. The number of carbonyl (C=O) groups excluding carboxylic acids is 2. The third-order valence-electron chi connectivity index (χ3n) is 5.15. The van der Waals surface area contributed by atoms with Crippen molar-refractivity contribution in [3.05, 3.63) is 72.8 Å². The van der Waals surface area contributed by atoms with E-state index in [0.717, 1.165) is 5.75 Å². The zero-order valence-electron chi connectivity index (χ0n) is 18.9. The van der Waals surface area contributed by atoms with E-state index in [1.54, 1.807) is 48.4 Å². The number of benzene rings is 3. The molecule has 0 atom stereocenters. The van der Waals surface area contributed by atoms with Crippen molar-refractivity contribution in [1.29, 1.82) is 0 Å². The smallest absolute Gasteiger partial charge is 0.265 e. The number of hydrogen-bond acceptors (Lipinski definition) is 6. The molecule has 34 heavy (non-hydrogen) atoms. The van der Waals surface area contributed by atoms with Crippen LogP contribution in [0.3, 0.4) is 0 Å². The second-order valence-electron chi connectivity index (χ2n) is 7.52. The van der Waals surface area contributed by atoms with Crippen molar-refractivity contribution in [3.63, 3.8) is 0 Å². The average molecular weight is 463 g/mol. The first-order valence-electron chi connectivity index (χ1n) is 10.9. The molecule has 8 nitrogen and oxygen atoms in total. The molecule has 1 N–H and O–H groups in total. The zero-order valence-corrected chi connectivity index (χ0v) is 18.9. The molecule has 1 aliphatic rings. The van der Waals surface area contributed by atoms with Crippen LogP contribution in [0.2, 0.25) is 0 Å². The summed E-state index contributed by atoms with van der Waals surface area (Å²) < 4.78 is 22.1. The van der Waals surface area contributed by atoms with Crippen LogP contribution in [0, 0.1) is 0 Å². The number of anilines is 2. The van der Waals surface area contributed by atoms with Crippen LogP contribution in [0.15, 0.2) is 72.8 Å². The van der Waals surface area contributed by atoms with Crippen molar-refractivity contribution >= 4 is 23.2 Å². The van der Waals surface area contributed by atoms with Gasteiger partial charge >= 0.3 is 0 Å². The van der Waals surface area contributed by atoms with Crippen molar-refractivity contribution in [2.24, 2.45) is 0 Å². The van der Waals surface area contributed by atoms with E-state index in [-0.39, 0.29) is 25.0 Å². The molecule has 4 rings (SSSR count). The lowest BCUT2D eigenvalue weighted by Crippen LogP contribution is -2.39. The summed E-state index contributed by atoms with van der Waals surface area (Å²) in [4.78, 5) is 26.5. The van der Waals surface area contributed by atoms with Crippen molar-refractivity contribution in [3.8, 4) is 23.0 Å². The molecule has 0 aromatic heterocycles. The van der Waals surface area contributed by atoms with E-state index in [1.165, 1.54) is 0 Å². The molecule has 1 heterocycles. The van der Waals surface area contributed by atoms with Crippen LogP contribution in [-0.4, -0.2) is 45.3 Å². The number of amides is 2. The SMILES string of the molecule is COc1ccccc1OCC(=O)Nc1ccc2c(c1)OCC(=O)N2CCCOc1ccccc1. The van der Waals surface area contributed by atoms with Gasteiger partial charge in [0.05, 0.1) is 19.4 Å². The largest absolute Gasteiger partial charge is 0.494 e. The van der Waals surface area contributed by atoms with Gasteiger partial charge in [-0.25, -0.2) is 0 Å². The van der Waals surface area contributed by atoms with E-state index in [0.29, 0.717) is 48.2 Å². The lowest BCUT2D eigenvalue weighted by atomic mass is 10.2. The minimum Gasteiger partial charge on any atom is -0.494 e. The Labute approximate surface area is 198 Å². The molecule has 0 unspecified atom stereocenters. The lowest BCUT2D eigenvalue weighted by molar-refractivity contribution is -0.121. The molecule has 8 heteroatoms. The van der Waals surface area contributed by atoms with Gasteiger partial charge in [-0.15, -0.1) is 0 Å². The van der Waals surface area contributed by atoms with E-state index in [1.807, 2.05) is 36.4 Å². The molecule has 1 aliphatic heterocycles. The molecule has 0 aliphatic carbocycles. The maximum Gasteiger partial charge on any atom is 0.265 e. The maximum absolute atomic E-state index is 12.4. The highest BCUT2D eigenvalue weighted by Gasteiger charge is 2.25. The minimum absolute atomic E-state index is 0.0547. The van der Waals surface area contributed by atoms with Gasteiger partial charge in [-0.05, 0) is 42.8 Å². The first-order valence-corrected chi connectivity index (χ1v) is 10.9. The van der Waals surface area contributed by atoms with Gasteiger partial charge in [-0.1, -0.05) is 30.3 Å². The molecular weight excluding hydrogens is 436 g/mol. The van der Waals surface area contributed by atoms with E-state index in [9.17, 15) is 9.59 Å². The quantitative estimate of drug-likeness (QED) is 0.460. The van der Waals surface area contributed by atoms with Gasteiger partial charge in [0.25, 0.3) is 11.8 Å². The highest BCUT2D eigenvalue weighted by Crippen LogP contribution is 2.34. The fourth-order valence-electron chi connectivity index (χ4n) is 3.54. The van der Waals surface area contributed by atoms with Crippen LogP contribution in [0.5, 0.6) is 23.0 Å². The van der Waals surface area contributed by atoms with E-state index < -0.39 is 0 Å². The van der Waals surface area contributed by atoms with E-state index in [4.69, 9.17) is 18.9 Å². The third kappa shape index (κ3) is 5.78. The predicted molar refractivity (Wildman–Crippen MR) is 128 cm³/mol. The highest BCUT2D eigenvalue weighted by molar-refractivity contribution is 5.99. The molecule has 3 aromatic carbocycles. The average Bonchev–Trinajstić information content (AvgIpc) is 2.87. The van der Waals surface area contributed by atoms with Crippen LogP contribution in [0.4, 0.5) is 11.4 Å². The predicted octanol–water partition coefficient (Wildman–Crippen LogP) is 3.91. The summed E-state index contributed by atoms with van der Waals surface area (Å²) >= 11 is 0. The van der Waals surface area contributed by atoms with Crippen molar-refractivity contribution in [2.45, 2.75) is 6.42 Å². The summed E-state index contributed by atoms with van der Waals surface area (Å²) in [6.45, 7) is 0.760. The Kier molecular flexibility index (Phi) is 7.49. The summed E-state index contributed by atoms with van der Waals surface area (Å²) in [5.74, 6) is 1.93. The van der Waals surface area contributed by atoms with Crippen LogP contribution < -0.4 is 29.2 Å². The number of hydrogen-bond donors (Lipinski definition) is 1. The number of para-hydroxylation sites is 3. The van der Waals surface area contributed by atoms with Gasteiger partial charge < -0.3 is 29.2 Å². The number of fused-ring (bicyclic) bond motifs is 1. The number of methoxy groups -OCH3 is 1. The molecule has 0 bridgehead atoms. The van der Waals surface area contributed by atoms with Crippen LogP contribution in [0.25, 0.3) is 0 Å². The first-order chi connectivity index (χ1) is 16.6. The summed E-state index contributed by atoms with van der Waals surface area (Å²) in [7, 11) is 1.54. The number of rotatable bonds is 10. The number of nitrogens with one attached hydrogen (secondary N) is 1. The molecular formula is C26H26N2O6. The van der Waals surface area contributed by atoms with E-state index >= 15 is 0 Å². The van der Waals surface area contributed by atoms with Crippen molar-refractivity contribution in [2.75, 3.05) is 43.7 Å². The normalized spacial score (nSPS) is 12.4. The second-order valence-corrected chi connectivity index (χ2v) is 7.52. The van der Waals surface area contributed by atoms with Gasteiger partial charge in [0.15, 0.2) is 24.7 Å². The fourth-order valence-corrected chi connectivity index (χ4v) is 3.54. The van der Waals surface area contributed by atoms with Gasteiger partial charge in [0.1, 0.15) is 11.5 Å². The molecule has 0 fully saturated rings. The van der Waals surface area contributed by atoms with Gasteiger partial charge in [-0.2, -0.15) is 0 Å². The molecule has 0 spiro atoms. The highest BCUT2D eigenvalue weighted by atomic mass is 16.5. The summed E-state index contributed by atoms with van der Waals surface area (Å²) in [5.41, 5.74) is 1.22. The zero-order chi connectivity index (χ0) is 23.8. The molecule has 0 saturated heterocycles. The van der Waals surface area contributed by atoms with Crippen LogP contribution in [-0.2, 0) is 9.59 Å². The number of ether oxygens (including phenoxy) is 4. The Bertz CT molecular complexity index is 1140. The standard InChI is InChI=1S/C26H26N2O6/c1-31-22-10-5-6-11-23(22)33-17-25(29)27-19-12-13-21-24(16-19)34-18-26(30)28(21)14-7-15-32-20-8-3-2-4-9-20/h2-6,8-13,16H,7,14-15,17-18H2,1H3,(H,27,29). The molecule has 176 valence electrons. The monoisotopic (exact) mass is 462 g/mol. The minimum atomic E-state index is -0.326. The number of carbonyl (C=O) groups is 2. The Morgan fingerprint density at radius 3 is 2.56 bits per heavy atom. The summed E-state index contributed by atoms with van der Waals surface area (Å²) in [5, 5.41) is 2.79. The van der Waals surface area contributed by atoms with Crippen molar-refractivity contribution < 1.29 is 28.5 Å². The van der Waals surface area contributed by atoms with Gasteiger partial charge in [0, 0.05) is 18.3 Å². The van der Waals surface area contributed by atoms with Gasteiger partial charge in [0.2, 0.25) is 0 Å². The molecule has 0 saturated carbocycles.